The average molecular weight is 357 g/mol. The zero-order valence-corrected chi connectivity index (χ0v) is 14.6. The van der Waals surface area contributed by atoms with Gasteiger partial charge in [0.25, 0.3) is 5.91 Å². The molecule has 1 aliphatic rings. The highest BCUT2D eigenvalue weighted by molar-refractivity contribution is 5.94. The standard InChI is InChI=1S/C16H20N4O.2ClH/c1-11-5-4-8-20(15(11)9-17)16(21)14-10-18-12-6-2-3-7-13(12)19-14;;/h2-3,6-7,10-11,15H,4-5,8-9,17H2,1H3;2*1H. The highest BCUT2D eigenvalue weighted by Gasteiger charge is 2.32. The van der Waals surface area contributed by atoms with Crippen molar-refractivity contribution in [3.63, 3.8) is 0 Å². The number of hydrogen-bond acceptors (Lipinski definition) is 4. The number of benzene rings is 1. The lowest BCUT2D eigenvalue weighted by molar-refractivity contribution is 0.0526. The Morgan fingerprint density at radius 1 is 1.30 bits per heavy atom. The van der Waals surface area contributed by atoms with Gasteiger partial charge >= 0.3 is 0 Å². The molecule has 2 heterocycles. The fourth-order valence-electron chi connectivity index (χ4n) is 3.07. The molecule has 1 fully saturated rings. The SMILES string of the molecule is CC1CCCN(C(=O)c2cnc3ccccc3n2)C1CN.Cl.Cl. The molecule has 1 saturated heterocycles. The second kappa shape index (κ2) is 8.43. The van der Waals surface area contributed by atoms with Gasteiger partial charge in [0.05, 0.1) is 17.2 Å². The third kappa shape index (κ3) is 3.91. The van der Waals surface area contributed by atoms with Crippen molar-refractivity contribution < 1.29 is 4.79 Å². The maximum Gasteiger partial charge on any atom is 0.274 e. The molecule has 23 heavy (non-hydrogen) atoms. The van der Waals surface area contributed by atoms with Gasteiger partial charge in [-0.2, -0.15) is 0 Å². The van der Waals surface area contributed by atoms with Gasteiger partial charge < -0.3 is 10.6 Å². The molecule has 2 N–H and O–H groups in total. The Morgan fingerprint density at radius 3 is 2.70 bits per heavy atom. The van der Waals surface area contributed by atoms with Gasteiger partial charge in [0.15, 0.2) is 0 Å². The molecule has 126 valence electrons. The topological polar surface area (TPSA) is 72.1 Å². The van der Waals surface area contributed by atoms with Crippen LogP contribution < -0.4 is 5.73 Å². The minimum atomic E-state index is -0.0600. The summed E-state index contributed by atoms with van der Waals surface area (Å²) in [5.41, 5.74) is 7.81. The highest BCUT2D eigenvalue weighted by atomic mass is 35.5. The first-order valence-corrected chi connectivity index (χ1v) is 7.43. The first-order chi connectivity index (χ1) is 10.2. The van der Waals surface area contributed by atoms with E-state index in [1.165, 1.54) is 0 Å². The zero-order valence-electron chi connectivity index (χ0n) is 13.0. The van der Waals surface area contributed by atoms with Gasteiger partial charge in [-0.25, -0.2) is 4.98 Å². The third-order valence-electron chi connectivity index (χ3n) is 4.29. The van der Waals surface area contributed by atoms with Crippen molar-refractivity contribution in [3.05, 3.63) is 36.2 Å². The van der Waals surface area contributed by atoms with Crippen LogP contribution in [-0.4, -0.2) is 39.9 Å². The fourth-order valence-corrected chi connectivity index (χ4v) is 3.07. The molecule has 2 unspecified atom stereocenters. The molecule has 2 aromatic rings. The number of fused-ring (bicyclic) bond motifs is 1. The van der Waals surface area contributed by atoms with Crippen LogP contribution in [0.4, 0.5) is 0 Å². The van der Waals surface area contributed by atoms with Crippen LogP contribution in [0.2, 0.25) is 0 Å². The number of aromatic nitrogens is 2. The number of halogens is 2. The van der Waals surface area contributed by atoms with Gasteiger partial charge in [-0.3, -0.25) is 9.78 Å². The molecule has 5 nitrogen and oxygen atoms in total. The minimum absolute atomic E-state index is 0. The van der Waals surface area contributed by atoms with Crippen LogP contribution in [0.1, 0.15) is 30.3 Å². The minimum Gasteiger partial charge on any atom is -0.333 e. The Morgan fingerprint density at radius 2 is 2.00 bits per heavy atom. The second-order valence-corrected chi connectivity index (χ2v) is 5.67. The molecular weight excluding hydrogens is 335 g/mol. The van der Waals surface area contributed by atoms with E-state index in [4.69, 9.17) is 5.73 Å². The third-order valence-corrected chi connectivity index (χ3v) is 4.29. The van der Waals surface area contributed by atoms with Crippen LogP contribution in [0.3, 0.4) is 0 Å². The Bertz CT molecular complexity index is 667. The number of carbonyl (C=O) groups is 1. The molecule has 0 radical (unpaired) electrons. The van der Waals surface area contributed by atoms with Gasteiger partial charge in [-0.1, -0.05) is 19.1 Å². The van der Waals surface area contributed by atoms with Gasteiger partial charge in [-0.15, -0.1) is 24.8 Å². The lowest BCUT2D eigenvalue weighted by Crippen LogP contribution is -2.51. The maximum atomic E-state index is 12.7. The van der Waals surface area contributed by atoms with E-state index in [-0.39, 0.29) is 36.8 Å². The lowest BCUT2D eigenvalue weighted by Gasteiger charge is -2.39. The number of carbonyl (C=O) groups excluding carboxylic acids is 1. The van der Waals surface area contributed by atoms with E-state index >= 15 is 0 Å². The monoisotopic (exact) mass is 356 g/mol. The largest absolute Gasteiger partial charge is 0.333 e. The summed E-state index contributed by atoms with van der Waals surface area (Å²) in [6.45, 7) is 3.40. The first kappa shape index (κ1) is 19.6. The molecule has 1 amide bonds. The summed E-state index contributed by atoms with van der Waals surface area (Å²) in [5, 5.41) is 0. The fraction of sp³-hybridized carbons (Fsp3) is 0.438. The molecule has 0 aliphatic carbocycles. The Hall–Kier alpha value is -1.43. The number of likely N-dealkylation sites (tertiary alicyclic amines) is 1. The van der Waals surface area contributed by atoms with Crippen LogP contribution in [-0.2, 0) is 0 Å². The van der Waals surface area contributed by atoms with Crippen molar-refractivity contribution in [1.29, 1.82) is 0 Å². The molecule has 0 spiro atoms. The number of rotatable bonds is 2. The smallest absolute Gasteiger partial charge is 0.274 e. The van der Waals surface area contributed by atoms with E-state index in [1.54, 1.807) is 6.20 Å². The Balaban J connectivity index is 0.00000132. The molecule has 0 bridgehead atoms. The number of para-hydroxylation sites is 2. The normalized spacial score (nSPS) is 20.5. The van der Waals surface area contributed by atoms with Crippen LogP contribution in [0.15, 0.2) is 30.5 Å². The van der Waals surface area contributed by atoms with Crippen molar-refractivity contribution in [1.82, 2.24) is 14.9 Å². The summed E-state index contributed by atoms with van der Waals surface area (Å²) in [4.78, 5) is 23.4. The van der Waals surface area contributed by atoms with Crippen LogP contribution >= 0.6 is 24.8 Å². The maximum absolute atomic E-state index is 12.7. The molecule has 0 saturated carbocycles. The summed E-state index contributed by atoms with van der Waals surface area (Å²) in [7, 11) is 0. The van der Waals surface area contributed by atoms with Crippen LogP contribution in [0.25, 0.3) is 11.0 Å². The molecule has 1 aromatic heterocycles. The molecule has 2 atom stereocenters. The van der Waals surface area contributed by atoms with Crippen molar-refractivity contribution >= 4 is 41.8 Å². The van der Waals surface area contributed by atoms with E-state index in [2.05, 4.69) is 16.9 Å². The summed E-state index contributed by atoms with van der Waals surface area (Å²) in [6, 6.07) is 7.67. The Kier molecular flexibility index (Phi) is 7.19. The van der Waals surface area contributed by atoms with E-state index < -0.39 is 0 Å². The lowest BCUT2D eigenvalue weighted by atomic mass is 9.90. The van der Waals surface area contributed by atoms with E-state index in [0.29, 0.717) is 18.2 Å². The molecule has 3 rings (SSSR count). The molecule has 1 aromatic carbocycles. The number of piperidine rings is 1. The van der Waals surface area contributed by atoms with Crippen molar-refractivity contribution in [2.75, 3.05) is 13.1 Å². The molecular formula is C16H22Cl2N4O. The van der Waals surface area contributed by atoms with Gasteiger partial charge in [0.1, 0.15) is 5.69 Å². The van der Waals surface area contributed by atoms with Crippen molar-refractivity contribution in [3.8, 4) is 0 Å². The molecule has 1 aliphatic heterocycles. The van der Waals surface area contributed by atoms with Gasteiger partial charge in [0, 0.05) is 19.1 Å². The van der Waals surface area contributed by atoms with Crippen molar-refractivity contribution in [2.24, 2.45) is 11.7 Å². The van der Waals surface area contributed by atoms with E-state index in [1.807, 2.05) is 29.2 Å². The summed E-state index contributed by atoms with van der Waals surface area (Å²) < 4.78 is 0. The number of nitrogens with zero attached hydrogens (tertiary/aromatic N) is 3. The van der Waals surface area contributed by atoms with Crippen molar-refractivity contribution in [2.45, 2.75) is 25.8 Å². The quantitative estimate of drug-likeness (QED) is 0.897. The average Bonchev–Trinajstić information content (AvgIpc) is 2.53. The summed E-state index contributed by atoms with van der Waals surface area (Å²) >= 11 is 0. The summed E-state index contributed by atoms with van der Waals surface area (Å²) in [5.74, 6) is 0.372. The summed E-state index contributed by atoms with van der Waals surface area (Å²) in [6.07, 6.45) is 3.71. The van der Waals surface area contributed by atoms with Crippen LogP contribution in [0, 0.1) is 5.92 Å². The number of hydrogen-bond donors (Lipinski definition) is 1. The number of amides is 1. The molecule has 7 heteroatoms. The van der Waals surface area contributed by atoms with E-state index in [0.717, 1.165) is 30.4 Å². The Labute approximate surface area is 148 Å². The highest BCUT2D eigenvalue weighted by Crippen LogP contribution is 2.24. The predicted molar refractivity (Wildman–Crippen MR) is 96.3 cm³/mol. The van der Waals surface area contributed by atoms with E-state index in [9.17, 15) is 4.79 Å². The zero-order chi connectivity index (χ0) is 14.8. The number of nitrogens with two attached hydrogens (primary N) is 1. The van der Waals surface area contributed by atoms with Gasteiger partial charge in [-0.05, 0) is 30.9 Å². The van der Waals surface area contributed by atoms with Crippen LogP contribution in [0.5, 0.6) is 0 Å². The van der Waals surface area contributed by atoms with Gasteiger partial charge in [0.2, 0.25) is 0 Å². The first-order valence-electron chi connectivity index (χ1n) is 7.43. The predicted octanol–water partition coefficient (Wildman–Crippen LogP) is 2.67. The second-order valence-electron chi connectivity index (χ2n) is 5.67.